The van der Waals surface area contributed by atoms with Crippen LogP contribution in [0.25, 0.3) is 0 Å². The molecule has 1 aliphatic heterocycles. The molecule has 3 rings (SSSR count). The average molecular weight is 319 g/mol. The van der Waals surface area contributed by atoms with Crippen molar-refractivity contribution in [2.24, 2.45) is 5.41 Å². The predicted octanol–water partition coefficient (Wildman–Crippen LogP) is 3.22. The second-order valence-corrected chi connectivity index (χ2v) is 7.00. The van der Waals surface area contributed by atoms with Gasteiger partial charge in [-0.3, -0.25) is 4.90 Å². The Balaban J connectivity index is 1.69. The largest absolute Gasteiger partial charge is 0.493 e. The fraction of sp³-hybridized carbons (Fsp3) is 0.684. The van der Waals surface area contributed by atoms with Crippen LogP contribution in [0.3, 0.4) is 0 Å². The molecule has 0 radical (unpaired) electrons. The number of benzene rings is 1. The standard InChI is InChI=1S/C19H29NO3/c1-3-23-16-8-7-15(12-17(16)22-2)13-20-11-5-10-19(14-20)9-4-6-18(19)21/h7-8,12,18,21H,3-6,9-11,13-14H2,1-2H3/t18-,19+/m1/s1. The zero-order valence-electron chi connectivity index (χ0n) is 14.4. The van der Waals surface area contributed by atoms with Gasteiger partial charge in [-0.1, -0.05) is 12.5 Å². The van der Waals surface area contributed by atoms with Gasteiger partial charge in [-0.05, 0) is 56.8 Å². The first-order valence-electron chi connectivity index (χ1n) is 8.87. The third-order valence-corrected chi connectivity index (χ3v) is 5.48. The molecular weight excluding hydrogens is 290 g/mol. The molecular formula is C19H29NO3. The minimum Gasteiger partial charge on any atom is -0.493 e. The van der Waals surface area contributed by atoms with Gasteiger partial charge in [0.2, 0.25) is 0 Å². The van der Waals surface area contributed by atoms with Gasteiger partial charge in [0.15, 0.2) is 11.5 Å². The third-order valence-electron chi connectivity index (χ3n) is 5.48. The van der Waals surface area contributed by atoms with Crippen LogP contribution in [0.5, 0.6) is 11.5 Å². The average Bonchev–Trinajstić information content (AvgIpc) is 2.89. The van der Waals surface area contributed by atoms with Crippen molar-refractivity contribution in [1.82, 2.24) is 4.90 Å². The van der Waals surface area contributed by atoms with Crippen molar-refractivity contribution in [1.29, 1.82) is 0 Å². The first kappa shape index (κ1) is 16.6. The van der Waals surface area contributed by atoms with E-state index in [4.69, 9.17) is 9.47 Å². The molecule has 2 aliphatic rings. The van der Waals surface area contributed by atoms with Gasteiger partial charge >= 0.3 is 0 Å². The molecule has 2 atom stereocenters. The van der Waals surface area contributed by atoms with Crippen LogP contribution in [-0.2, 0) is 6.54 Å². The Bertz CT molecular complexity index is 533. The summed E-state index contributed by atoms with van der Waals surface area (Å²) in [4.78, 5) is 2.49. The number of nitrogens with zero attached hydrogens (tertiary/aromatic N) is 1. The minimum absolute atomic E-state index is 0.111. The smallest absolute Gasteiger partial charge is 0.161 e. The summed E-state index contributed by atoms with van der Waals surface area (Å²) in [6.45, 7) is 5.67. The molecule has 4 heteroatoms. The minimum atomic E-state index is -0.111. The van der Waals surface area contributed by atoms with Gasteiger partial charge in [-0.25, -0.2) is 0 Å². The number of hydrogen-bond donors (Lipinski definition) is 1. The maximum atomic E-state index is 10.4. The monoisotopic (exact) mass is 319 g/mol. The molecule has 0 bridgehead atoms. The Hall–Kier alpha value is -1.26. The van der Waals surface area contributed by atoms with E-state index in [2.05, 4.69) is 17.0 Å². The maximum Gasteiger partial charge on any atom is 0.161 e. The lowest BCUT2D eigenvalue weighted by Gasteiger charge is -2.42. The number of hydrogen-bond acceptors (Lipinski definition) is 4. The van der Waals surface area contributed by atoms with Gasteiger partial charge in [-0.2, -0.15) is 0 Å². The molecule has 128 valence electrons. The van der Waals surface area contributed by atoms with E-state index in [9.17, 15) is 5.11 Å². The van der Waals surface area contributed by atoms with Gasteiger partial charge < -0.3 is 14.6 Å². The second-order valence-electron chi connectivity index (χ2n) is 7.00. The lowest BCUT2D eigenvalue weighted by molar-refractivity contribution is -0.0120. The van der Waals surface area contributed by atoms with Gasteiger partial charge in [0.1, 0.15) is 0 Å². The van der Waals surface area contributed by atoms with Crippen LogP contribution < -0.4 is 9.47 Å². The van der Waals surface area contributed by atoms with Crippen molar-refractivity contribution in [2.45, 2.75) is 51.7 Å². The number of ether oxygens (including phenoxy) is 2. The maximum absolute atomic E-state index is 10.4. The van der Waals surface area contributed by atoms with E-state index in [1.807, 2.05) is 13.0 Å². The van der Waals surface area contributed by atoms with Crippen molar-refractivity contribution < 1.29 is 14.6 Å². The summed E-state index contributed by atoms with van der Waals surface area (Å²) in [6, 6.07) is 6.21. The van der Waals surface area contributed by atoms with E-state index in [0.29, 0.717) is 6.61 Å². The fourth-order valence-electron chi connectivity index (χ4n) is 4.33. The van der Waals surface area contributed by atoms with E-state index in [0.717, 1.165) is 37.6 Å². The van der Waals surface area contributed by atoms with E-state index >= 15 is 0 Å². The number of aliphatic hydroxyl groups is 1. The van der Waals surface area contributed by atoms with Gasteiger partial charge in [0.05, 0.1) is 19.8 Å². The SMILES string of the molecule is CCOc1ccc(CN2CCC[C@@]3(CCC[C@H]3O)C2)cc1OC. The van der Waals surface area contributed by atoms with Crippen molar-refractivity contribution in [3.8, 4) is 11.5 Å². The molecule has 1 saturated carbocycles. The summed E-state index contributed by atoms with van der Waals surface area (Å²) >= 11 is 0. The highest BCUT2D eigenvalue weighted by molar-refractivity contribution is 5.43. The predicted molar refractivity (Wildman–Crippen MR) is 91.0 cm³/mol. The molecule has 1 aromatic carbocycles. The number of aliphatic hydroxyl groups excluding tert-OH is 1. The Morgan fingerprint density at radius 2 is 2.09 bits per heavy atom. The first-order chi connectivity index (χ1) is 11.2. The molecule has 1 aliphatic carbocycles. The zero-order valence-corrected chi connectivity index (χ0v) is 14.4. The van der Waals surface area contributed by atoms with E-state index in [1.165, 1.54) is 31.2 Å². The lowest BCUT2D eigenvalue weighted by atomic mass is 9.76. The van der Waals surface area contributed by atoms with Crippen LogP contribution >= 0.6 is 0 Å². The fourth-order valence-corrected chi connectivity index (χ4v) is 4.33. The topological polar surface area (TPSA) is 41.9 Å². The number of likely N-dealkylation sites (tertiary alicyclic amines) is 1. The van der Waals surface area contributed by atoms with Crippen molar-refractivity contribution in [3.63, 3.8) is 0 Å². The Kier molecular flexibility index (Phi) is 5.12. The van der Waals surface area contributed by atoms with Gasteiger partial charge in [0.25, 0.3) is 0 Å². The molecule has 1 N–H and O–H groups in total. The van der Waals surface area contributed by atoms with Crippen molar-refractivity contribution >= 4 is 0 Å². The van der Waals surface area contributed by atoms with Crippen LogP contribution in [-0.4, -0.2) is 42.9 Å². The highest BCUT2D eigenvalue weighted by Crippen LogP contribution is 2.45. The summed E-state index contributed by atoms with van der Waals surface area (Å²) in [5.74, 6) is 1.61. The lowest BCUT2D eigenvalue weighted by Crippen LogP contribution is -2.46. The van der Waals surface area contributed by atoms with Crippen molar-refractivity contribution in [2.75, 3.05) is 26.8 Å². The molecule has 0 unspecified atom stereocenters. The first-order valence-corrected chi connectivity index (χ1v) is 8.87. The van der Waals surface area contributed by atoms with Crippen LogP contribution in [0.2, 0.25) is 0 Å². The molecule has 0 aromatic heterocycles. The quantitative estimate of drug-likeness (QED) is 0.905. The molecule has 1 heterocycles. The summed E-state index contributed by atoms with van der Waals surface area (Å²) in [5.41, 5.74) is 1.39. The molecule has 2 fully saturated rings. The molecule has 1 aromatic rings. The van der Waals surface area contributed by atoms with Crippen LogP contribution in [0, 0.1) is 5.41 Å². The number of methoxy groups -OCH3 is 1. The highest BCUT2D eigenvalue weighted by atomic mass is 16.5. The van der Waals surface area contributed by atoms with Crippen LogP contribution in [0.15, 0.2) is 18.2 Å². The van der Waals surface area contributed by atoms with Crippen molar-refractivity contribution in [3.05, 3.63) is 23.8 Å². The molecule has 4 nitrogen and oxygen atoms in total. The molecule has 23 heavy (non-hydrogen) atoms. The van der Waals surface area contributed by atoms with Gasteiger partial charge in [0, 0.05) is 18.5 Å². The van der Waals surface area contributed by atoms with Crippen LogP contribution in [0.4, 0.5) is 0 Å². The second kappa shape index (κ2) is 7.10. The highest BCUT2D eigenvalue weighted by Gasteiger charge is 2.44. The number of rotatable bonds is 5. The summed E-state index contributed by atoms with van der Waals surface area (Å²) in [7, 11) is 1.69. The Morgan fingerprint density at radius 1 is 1.26 bits per heavy atom. The summed E-state index contributed by atoms with van der Waals surface area (Å²) < 4.78 is 11.0. The normalized spacial score (nSPS) is 28.2. The Morgan fingerprint density at radius 3 is 2.78 bits per heavy atom. The number of piperidine rings is 1. The third kappa shape index (κ3) is 3.48. The molecule has 1 saturated heterocycles. The molecule has 0 amide bonds. The molecule has 1 spiro atoms. The van der Waals surface area contributed by atoms with E-state index in [1.54, 1.807) is 7.11 Å². The zero-order chi connectivity index (χ0) is 16.3. The van der Waals surface area contributed by atoms with Crippen LogP contribution in [0.1, 0.15) is 44.6 Å². The van der Waals surface area contributed by atoms with Gasteiger partial charge in [-0.15, -0.1) is 0 Å². The summed E-state index contributed by atoms with van der Waals surface area (Å²) in [5, 5.41) is 10.4. The summed E-state index contributed by atoms with van der Waals surface area (Å²) in [6.07, 6.45) is 5.58. The van der Waals surface area contributed by atoms with E-state index < -0.39 is 0 Å². The Labute approximate surface area is 139 Å². The van der Waals surface area contributed by atoms with E-state index in [-0.39, 0.29) is 11.5 Å².